The fourth-order valence-electron chi connectivity index (χ4n) is 8.03. The fourth-order valence-corrected chi connectivity index (χ4v) is 8.03. The molecular formula is C41H66N6O4. The number of benzene rings is 2. The van der Waals surface area contributed by atoms with Crippen molar-refractivity contribution in [3.8, 4) is 0 Å². The molecular weight excluding hydrogens is 640 g/mol. The number of likely N-dealkylation sites (tertiary alicyclic amines) is 3. The van der Waals surface area contributed by atoms with Gasteiger partial charge >= 0.3 is 0 Å². The van der Waals surface area contributed by atoms with Crippen LogP contribution in [-0.4, -0.2) is 123 Å². The second kappa shape index (κ2) is 18.8. The molecule has 5 rings (SSSR count). The largest absolute Gasteiger partial charge is 0.391 e. The van der Waals surface area contributed by atoms with Gasteiger partial charge in [-0.05, 0) is 97.2 Å². The van der Waals surface area contributed by atoms with Crippen LogP contribution in [0.25, 0.3) is 0 Å². The predicted octanol–water partition coefficient (Wildman–Crippen LogP) is 3.34. The highest BCUT2D eigenvalue weighted by molar-refractivity contribution is 5.84. The molecule has 2 aromatic rings. The molecule has 10 heteroatoms. The van der Waals surface area contributed by atoms with Crippen molar-refractivity contribution in [2.75, 3.05) is 39.3 Å². The molecule has 2 amide bonds. The Morgan fingerprint density at radius 3 is 1.59 bits per heavy atom. The van der Waals surface area contributed by atoms with Crippen LogP contribution < -0.4 is 16.4 Å². The number of nitrogens with two attached hydrogens (primary N) is 1. The van der Waals surface area contributed by atoms with E-state index in [0.717, 1.165) is 77.8 Å². The monoisotopic (exact) mass is 707 g/mol. The SMILES string of the molecule is CC(O)C(N)C(=O)NC1(Cc2ccccc2)CCN(C(C)C)CC1.CCN1CCC(O)C1C(=O)NC1(Cc2ccccc2)CCN(C(C)C)CC1. The second-order valence-electron chi connectivity index (χ2n) is 15.8. The number of aliphatic hydroxyl groups is 2. The summed E-state index contributed by atoms with van der Waals surface area (Å²) in [5.74, 6) is -0.269. The number of carbonyl (C=O) groups excluding carboxylic acids is 2. The van der Waals surface area contributed by atoms with Crippen molar-refractivity contribution in [2.45, 2.75) is 134 Å². The summed E-state index contributed by atoms with van der Waals surface area (Å²) in [4.78, 5) is 32.6. The zero-order chi connectivity index (χ0) is 37.2. The smallest absolute Gasteiger partial charge is 0.240 e. The Bertz CT molecular complexity index is 1340. The van der Waals surface area contributed by atoms with Gasteiger partial charge in [-0.3, -0.25) is 14.5 Å². The highest BCUT2D eigenvalue weighted by atomic mass is 16.3. The molecule has 0 aromatic heterocycles. The predicted molar refractivity (Wildman–Crippen MR) is 205 cm³/mol. The molecule has 3 aliphatic heterocycles. The molecule has 284 valence electrons. The first-order valence-corrected chi connectivity index (χ1v) is 19.3. The zero-order valence-electron chi connectivity index (χ0n) is 32.1. The van der Waals surface area contributed by atoms with E-state index >= 15 is 0 Å². The summed E-state index contributed by atoms with van der Waals surface area (Å²) in [6, 6.07) is 20.4. The van der Waals surface area contributed by atoms with Crippen LogP contribution in [-0.2, 0) is 22.4 Å². The average Bonchev–Trinajstić information content (AvgIpc) is 3.49. The summed E-state index contributed by atoms with van der Waals surface area (Å²) in [7, 11) is 0. The number of hydrogen-bond donors (Lipinski definition) is 5. The van der Waals surface area contributed by atoms with Gasteiger partial charge in [0.1, 0.15) is 12.1 Å². The molecule has 3 saturated heterocycles. The van der Waals surface area contributed by atoms with Gasteiger partial charge in [-0.1, -0.05) is 67.6 Å². The van der Waals surface area contributed by atoms with Gasteiger partial charge in [-0.2, -0.15) is 0 Å². The Morgan fingerprint density at radius 1 is 0.765 bits per heavy atom. The quantitative estimate of drug-likeness (QED) is 0.227. The number of likely N-dealkylation sites (N-methyl/N-ethyl adjacent to an activating group) is 1. The molecule has 4 atom stereocenters. The van der Waals surface area contributed by atoms with Crippen LogP contribution in [0, 0.1) is 0 Å². The zero-order valence-corrected chi connectivity index (χ0v) is 32.1. The van der Waals surface area contributed by atoms with Crippen molar-refractivity contribution < 1.29 is 19.8 Å². The van der Waals surface area contributed by atoms with Crippen LogP contribution in [0.5, 0.6) is 0 Å². The van der Waals surface area contributed by atoms with Gasteiger partial charge in [0.15, 0.2) is 0 Å². The Balaban J connectivity index is 0.000000230. The minimum Gasteiger partial charge on any atom is -0.391 e. The van der Waals surface area contributed by atoms with Crippen molar-refractivity contribution in [1.82, 2.24) is 25.3 Å². The van der Waals surface area contributed by atoms with Crippen LogP contribution in [0.4, 0.5) is 0 Å². The Hall–Kier alpha value is -2.86. The van der Waals surface area contributed by atoms with Gasteiger partial charge in [-0.15, -0.1) is 0 Å². The normalized spacial score (nSPS) is 23.7. The lowest BCUT2D eigenvalue weighted by atomic mass is 9.81. The number of rotatable bonds is 12. The third-order valence-electron chi connectivity index (χ3n) is 11.5. The average molecular weight is 707 g/mol. The number of carbonyl (C=O) groups is 2. The van der Waals surface area contributed by atoms with E-state index in [1.165, 1.54) is 11.1 Å². The molecule has 2 aromatic carbocycles. The maximum Gasteiger partial charge on any atom is 0.240 e. The van der Waals surface area contributed by atoms with Crippen molar-refractivity contribution >= 4 is 11.8 Å². The number of amides is 2. The summed E-state index contributed by atoms with van der Waals surface area (Å²) in [6.07, 6.45) is 4.57. The third kappa shape index (κ3) is 11.3. The van der Waals surface area contributed by atoms with E-state index in [-0.39, 0.29) is 22.9 Å². The standard InChI is InChI=1S/C22H35N3O2.C19H31N3O2/c1-4-24-13-10-19(26)20(24)21(27)23-22(16-18-8-6-5-7-9-18)11-14-25(15-12-22)17(2)3;1-14(2)22-11-9-19(10-12-22,13-16-7-5-4-6-8-16)21-18(24)17(20)15(3)23/h5-9,17,19-20,26H,4,10-16H2,1-3H3,(H,23,27);4-8,14-15,17,23H,9-13,20H2,1-3H3,(H,21,24). The van der Waals surface area contributed by atoms with Gasteiger partial charge in [-0.25, -0.2) is 0 Å². The maximum absolute atomic E-state index is 13.2. The van der Waals surface area contributed by atoms with Crippen LogP contribution in [0.3, 0.4) is 0 Å². The number of piperidine rings is 2. The third-order valence-corrected chi connectivity index (χ3v) is 11.5. The highest BCUT2D eigenvalue weighted by Gasteiger charge is 2.43. The molecule has 0 saturated carbocycles. The van der Waals surface area contributed by atoms with Gasteiger partial charge in [0, 0.05) is 55.9 Å². The Labute approximate surface area is 307 Å². The topological polar surface area (TPSA) is 134 Å². The fraction of sp³-hybridized carbons (Fsp3) is 0.659. The van der Waals surface area contributed by atoms with E-state index in [1.807, 2.05) is 24.3 Å². The van der Waals surface area contributed by atoms with E-state index in [1.54, 1.807) is 6.92 Å². The van der Waals surface area contributed by atoms with Gasteiger partial charge in [0.05, 0.1) is 12.2 Å². The maximum atomic E-state index is 13.2. The minimum absolute atomic E-state index is 0.00391. The van der Waals surface area contributed by atoms with E-state index in [4.69, 9.17) is 5.73 Å². The van der Waals surface area contributed by atoms with Crippen LogP contribution in [0.2, 0.25) is 0 Å². The van der Waals surface area contributed by atoms with E-state index in [9.17, 15) is 19.8 Å². The second-order valence-corrected chi connectivity index (χ2v) is 15.8. The molecule has 3 heterocycles. The minimum atomic E-state index is -0.888. The summed E-state index contributed by atoms with van der Waals surface area (Å²) >= 11 is 0. The number of hydrogen-bond acceptors (Lipinski definition) is 8. The molecule has 0 bridgehead atoms. The molecule has 4 unspecified atom stereocenters. The van der Waals surface area contributed by atoms with Gasteiger partial charge in [0.2, 0.25) is 11.8 Å². The first-order chi connectivity index (χ1) is 24.3. The molecule has 3 fully saturated rings. The van der Waals surface area contributed by atoms with Crippen molar-refractivity contribution in [2.24, 2.45) is 5.73 Å². The Kier molecular flexibility index (Phi) is 15.0. The summed E-state index contributed by atoms with van der Waals surface area (Å²) in [5, 5.41) is 26.6. The number of nitrogens with zero attached hydrogens (tertiary/aromatic N) is 3. The van der Waals surface area contributed by atoms with Crippen LogP contribution in [0.1, 0.15) is 84.8 Å². The molecule has 0 spiro atoms. The molecule has 10 nitrogen and oxygen atoms in total. The lowest BCUT2D eigenvalue weighted by molar-refractivity contribution is -0.131. The Morgan fingerprint density at radius 2 is 1.20 bits per heavy atom. The number of nitrogens with one attached hydrogen (secondary N) is 2. The summed E-state index contributed by atoms with van der Waals surface area (Å²) < 4.78 is 0. The van der Waals surface area contributed by atoms with Gasteiger partial charge < -0.3 is 36.4 Å². The highest BCUT2D eigenvalue weighted by Crippen LogP contribution is 2.30. The van der Waals surface area contributed by atoms with E-state index < -0.39 is 24.3 Å². The molecule has 0 aliphatic carbocycles. The molecule has 0 radical (unpaired) electrons. The summed E-state index contributed by atoms with van der Waals surface area (Å²) in [5.41, 5.74) is 7.78. The van der Waals surface area contributed by atoms with Crippen LogP contribution in [0.15, 0.2) is 60.7 Å². The lowest BCUT2D eigenvalue weighted by Gasteiger charge is -2.45. The first-order valence-electron chi connectivity index (χ1n) is 19.3. The van der Waals surface area contributed by atoms with Crippen molar-refractivity contribution in [3.63, 3.8) is 0 Å². The van der Waals surface area contributed by atoms with Crippen molar-refractivity contribution in [1.29, 1.82) is 0 Å². The van der Waals surface area contributed by atoms with Crippen molar-refractivity contribution in [3.05, 3.63) is 71.8 Å². The first kappa shape index (κ1) is 40.9. The molecule has 3 aliphatic rings. The van der Waals surface area contributed by atoms with E-state index in [2.05, 4.69) is 96.4 Å². The van der Waals surface area contributed by atoms with Gasteiger partial charge in [0.25, 0.3) is 0 Å². The summed E-state index contributed by atoms with van der Waals surface area (Å²) in [6.45, 7) is 18.0. The van der Waals surface area contributed by atoms with Crippen LogP contribution >= 0.6 is 0 Å². The molecule has 6 N–H and O–H groups in total. The number of aliphatic hydroxyl groups excluding tert-OH is 2. The lowest BCUT2D eigenvalue weighted by Crippen LogP contribution is -2.61. The molecule has 51 heavy (non-hydrogen) atoms. The van der Waals surface area contributed by atoms with E-state index in [0.29, 0.717) is 18.5 Å².